The summed E-state index contributed by atoms with van der Waals surface area (Å²) in [6.07, 6.45) is 2.79. The third-order valence-corrected chi connectivity index (χ3v) is 4.58. The fourth-order valence-corrected chi connectivity index (χ4v) is 3.59. The minimum atomic E-state index is -3.37. The lowest BCUT2D eigenvalue weighted by Crippen LogP contribution is -2.40. The molecule has 0 amide bonds. The number of sulfonamides is 1. The second-order valence-electron chi connectivity index (χ2n) is 4.47. The normalized spacial score (nSPS) is 25.0. The summed E-state index contributed by atoms with van der Waals surface area (Å²) in [5.74, 6) is -0.891. The van der Waals surface area contributed by atoms with Crippen LogP contribution in [0.2, 0.25) is 0 Å². The maximum Gasteiger partial charge on any atom is 0.303 e. The summed E-state index contributed by atoms with van der Waals surface area (Å²) < 4.78 is 26.0. The van der Waals surface area contributed by atoms with Crippen LogP contribution in [0.15, 0.2) is 0 Å². The Labute approximate surface area is 102 Å². The molecule has 0 heterocycles. The zero-order valence-corrected chi connectivity index (χ0v) is 10.6. The highest BCUT2D eigenvalue weighted by atomic mass is 32.2. The molecule has 0 spiro atoms. The zero-order chi connectivity index (χ0) is 12.9. The van der Waals surface area contributed by atoms with Gasteiger partial charge in [0.15, 0.2) is 0 Å². The molecule has 1 saturated carbocycles. The van der Waals surface area contributed by atoms with Crippen LogP contribution in [0.3, 0.4) is 0 Å². The Morgan fingerprint density at radius 2 is 2.12 bits per heavy atom. The lowest BCUT2D eigenvalue weighted by Gasteiger charge is -2.19. The van der Waals surface area contributed by atoms with E-state index in [9.17, 15) is 13.2 Å². The second kappa shape index (κ2) is 6.32. The molecule has 17 heavy (non-hydrogen) atoms. The molecule has 0 radical (unpaired) electrons. The van der Waals surface area contributed by atoms with Crippen LogP contribution in [-0.2, 0) is 14.8 Å². The molecule has 100 valence electrons. The summed E-state index contributed by atoms with van der Waals surface area (Å²) >= 11 is 0. The van der Waals surface area contributed by atoms with E-state index in [0.29, 0.717) is 6.54 Å². The fourth-order valence-electron chi connectivity index (χ4n) is 2.18. The Balaban J connectivity index is 2.40. The molecular formula is C10H20N2O4S. The molecular weight excluding hydrogens is 244 g/mol. The largest absolute Gasteiger partial charge is 0.481 e. The first-order chi connectivity index (χ1) is 7.94. The van der Waals surface area contributed by atoms with Gasteiger partial charge in [0.2, 0.25) is 10.0 Å². The number of nitrogens with two attached hydrogens (primary N) is 1. The predicted molar refractivity (Wildman–Crippen MR) is 64.0 cm³/mol. The highest BCUT2D eigenvalue weighted by Crippen LogP contribution is 2.25. The van der Waals surface area contributed by atoms with Crippen molar-refractivity contribution in [3.05, 3.63) is 0 Å². The van der Waals surface area contributed by atoms with Crippen LogP contribution in [-0.4, -0.2) is 37.8 Å². The summed E-state index contributed by atoms with van der Waals surface area (Å²) in [6, 6.07) is -0.0742. The van der Waals surface area contributed by atoms with Gasteiger partial charge in [-0.3, -0.25) is 4.79 Å². The lowest BCUT2D eigenvalue weighted by molar-refractivity contribution is -0.137. The quantitative estimate of drug-likeness (QED) is 0.594. The van der Waals surface area contributed by atoms with Crippen molar-refractivity contribution in [3.8, 4) is 0 Å². The average Bonchev–Trinajstić information content (AvgIpc) is 2.63. The van der Waals surface area contributed by atoms with Crippen LogP contribution < -0.4 is 10.5 Å². The summed E-state index contributed by atoms with van der Waals surface area (Å²) in [5, 5.41) is 8.44. The molecule has 4 N–H and O–H groups in total. The van der Waals surface area contributed by atoms with E-state index in [-0.39, 0.29) is 30.6 Å². The van der Waals surface area contributed by atoms with Gasteiger partial charge in [-0.2, -0.15) is 0 Å². The van der Waals surface area contributed by atoms with Gasteiger partial charge in [-0.1, -0.05) is 6.42 Å². The van der Waals surface area contributed by atoms with Crippen molar-refractivity contribution in [3.63, 3.8) is 0 Å². The van der Waals surface area contributed by atoms with Gasteiger partial charge in [-0.15, -0.1) is 0 Å². The minimum Gasteiger partial charge on any atom is -0.481 e. The minimum absolute atomic E-state index is 0.0742. The Morgan fingerprint density at radius 1 is 1.41 bits per heavy atom. The summed E-state index contributed by atoms with van der Waals surface area (Å²) in [5.41, 5.74) is 5.57. The molecule has 2 atom stereocenters. The van der Waals surface area contributed by atoms with Gasteiger partial charge in [0, 0.05) is 12.5 Å². The molecule has 6 nitrogen and oxygen atoms in total. The number of carboxylic acids is 1. The summed E-state index contributed by atoms with van der Waals surface area (Å²) in [6.45, 7) is 0.488. The van der Waals surface area contributed by atoms with E-state index in [1.54, 1.807) is 0 Å². The van der Waals surface area contributed by atoms with Crippen LogP contribution in [0.4, 0.5) is 0 Å². The Kier molecular flexibility index (Phi) is 5.35. The predicted octanol–water partition coefficient (Wildman–Crippen LogP) is -0.102. The molecule has 1 rings (SSSR count). The lowest BCUT2D eigenvalue weighted by atomic mass is 10.1. The van der Waals surface area contributed by atoms with Crippen molar-refractivity contribution in [1.82, 2.24) is 4.72 Å². The Morgan fingerprint density at radius 3 is 2.71 bits per heavy atom. The molecule has 0 aromatic carbocycles. The van der Waals surface area contributed by atoms with Crippen molar-refractivity contribution in [2.24, 2.45) is 11.7 Å². The van der Waals surface area contributed by atoms with Crippen LogP contribution in [0.1, 0.15) is 32.1 Å². The Hall–Kier alpha value is -0.660. The van der Waals surface area contributed by atoms with Crippen LogP contribution >= 0.6 is 0 Å². The van der Waals surface area contributed by atoms with E-state index < -0.39 is 16.0 Å². The average molecular weight is 264 g/mol. The van der Waals surface area contributed by atoms with E-state index in [2.05, 4.69) is 4.72 Å². The maximum atomic E-state index is 11.7. The topological polar surface area (TPSA) is 109 Å². The zero-order valence-electron chi connectivity index (χ0n) is 9.76. The molecule has 0 aromatic heterocycles. The van der Waals surface area contributed by atoms with Crippen molar-refractivity contribution in [2.45, 2.75) is 38.1 Å². The van der Waals surface area contributed by atoms with Crippen molar-refractivity contribution in [1.29, 1.82) is 0 Å². The van der Waals surface area contributed by atoms with Gasteiger partial charge in [0.05, 0.1) is 5.75 Å². The third kappa shape index (κ3) is 5.01. The molecule has 0 aliphatic heterocycles. The number of carboxylic acid groups (broad SMARTS) is 1. The summed E-state index contributed by atoms with van der Waals surface area (Å²) in [4.78, 5) is 10.3. The number of carbonyl (C=O) groups is 1. The fraction of sp³-hybridized carbons (Fsp3) is 0.900. The molecule has 0 saturated heterocycles. The number of hydrogen-bond donors (Lipinski definition) is 3. The van der Waals surface area contributed by atoms with Crippen molar-refractivity contribution < 1.29 is 18.3 Å². The highest BCUT2D eigenvalue weighted by molar-refractivity contribution is 7.89. The van der Waals surface area contributed by atoms with Crippen LogP contribution in [0, 0.1) is 5.92 Å². The third-order valence-electron chi connectivity index (χ3n) is 3.10. The number of aliphatic carboxylic acids is 1. The van der Waals surface area contributed by atoms with Gasteiger partial charge < -0.3 is 10.8 Å². The molecule has 1 fully saturated rings. The van der Waals surface area contributed by atoms with Gasteiger partial charge in [-0.05, 0) is 31.7 Å². The number of rotatable bonds is 7. The van der Waals surface area contributed by atoms with Crippen molar-refractivity contribution >= 4 is 16.0 Å². The molecule has 7 heteroatoms. The standard InChI is InChI=1S/C10H20N2O4S/c11-7-8-3-1-4-9(8)12-17(15,16)6-2-5-10(13)14/h8-9,12H,1-7,11H2,(H,13,14). The molecule has 0 bridgehead atoms. The van der Waals surface area contributed by atoms with Crippen molar-refractivity contribution in [2.75, 3.05) is 12.3 Å². The van der Waals surface area contributed by atoms with Gasteiger partial charge in [0.25, 0.3) is 0 Å². The first kappa shape index (κ1) is 14.4. The summed E-state index contributed by atoms with van der Waals surface area (Å²) in [7, 11) is -3.37. The van der Waals surface area contributed by atoms with E-state index in [1.807, 2.05) is 0 Å². The second-order valence-corrected chi connectivity index (χ2v) is 6.34. The first-order valence-electron chi connectivity index (χ1n) is 5.86. The maximum absolute atomic E-state index is 11.7. The highest BCUT2D eigenvalue weighted by Gasteiger charge is 2.29. The van der Waals surface area contributed by atoms with E-state index >= 15 is 0 Å². The van der Waals surface area contributed by atoms with Gasteiger partial charge in [0.1, 0.15) is 0 Å². The number of hydrogen-bond acceptors (Lipinski definition) is 4. The first-order valence-corrected chi connectivity index (χ1v) is 7.51. The SMILES string of the molecule is NCC1CCCC1NS(=O)(=O)CCCC(=O)O. The Bertz CT molecular complexity index is 355. The molecule has 1 aliphatic carbocycles. The van der Waals surface area contributed by atoms with Gasteiger partial charge >= 0.3 is 5.97 Å². The van der Waals surface area contributed by atoms with E-state index in [1.165, 1.54) is 0 Å². The van der Waals surface area contributed by atoms with Gasteiger partial charge in [-0.25, -0.2) is 13.1 Å². The van der Waals surface area contributed by atoms with E-state index in [4.69, 9.17) is 10.8 Å². The molecule has 2 unspecified atom stereocenters. The smallest absolute Gasteiger partial charge is 0.303 e. The van der Waals surface area contributed by atoms with Crippen LogP contribution in [0.5, 0.6) is 0 Å². The number of nitrogens with one attached hydrogen (secondary N) is 1. The molecule has 1 aliphatic rings. The van der Waals surface area contributed by atoms with Crippen LogP contribution in [0.25, 0.3) is 0 Å². The molecule has 0 aromatic rings. The monoisotopic (exact) mass is 264 g/mol. The van der Waals surface area contributed by atoms with E-state index in [0.717, 1.165) is 19.3 Å².